The quantitative estimate of drug-likeness (QED) is 0.757. The van der Waals surface area contributed by atoms with Gasteiger partial charge in [0.15, 0.2) is 11.5 Å². The topological polar surface area (TPSA) is 35.5 Å². The molecule has 0 radical (unpaired) electrons. The Morgan fingerprint density at radius 2 is 1.86 bits per heavy atom. The number of benzene rings is 2. The second-order valence-corrected chi connectivity index (χ2v) is 5.79. The van der Waals surface area contributed by atoms with Crippen LogP contribution in [0.2, 0.25) is 0 Å². The van der Waals surface area contributed by atoms with E-state index in [9.17, 15) is 4.79 Å². The number of rotatable bonds is 6. The van der Waals surface area contributed by atoms with E-state index in [2.05, 4.69) is 25.1 Å². The molecule has 0 aromatic heterocycles. The second-order valence-electron chi connectivity index (χ2n) is 5.79. The molecule has 2 aromatic carbocycles. The van der Waals surface area contributed by atoms with E-state index < -0.39 is 0 Å². The lowest BCUT2D eigenvalue weighted by atomic mass is 9.81. The molecule has 0 bridgehead atoms. The zero-order valence-corrected chi connectivity index (χ0v) is 12.7. The van der Waals surface area contributed by atoms with Gasteiger partial charge in [0.1, 0.15) is 6.29 Å². The third-order valence-electron chi connectivity index (χ3n) is 4.26. The summed E-state index contributed by atoms with van der Waals surface area (Å²) in [5, 5.41) is 0. The van der Waals surface area contributed by atoms with Gasteiger partial charge in [0.25, 0.3) is 0 Å². The Kier molecular flexibility index (Phi) is 4.42. The van der Waals surface area contributed by atoms with Crippen LogP contribution in [-0.4, -0.2) is 13.1 Å². The maximum absolute atomic E-state index is 11.1. The number of carbonyl (C=O) groups excluding carboxylic acids is 1. The molecule has 0 saturated heterocycles. The van der Waals surface area contributed by atoms with Crippen molar-refractivity contribution in [2.45, 2.75) is 25.7 Å². The Balaban J connectivity index is 1.76. The first-order valence-corrected chi connectivity index (χ1v) is 7.65. The first-order chi connectivity index (χ1) is 10.8. The number of ether oxygens (including phenoxy) is 2. The van der Waals surface area contributed by atoms with Crippen LogP contribution >= 0.6 is 0 Å². The molecular weight excluding hydrogens is 276 g/mol. The number of hydrogen-bond donors (Lipinski definition) is 0. The van der Waals surface area contributed by atoms with E-state index in [1.54, 1.807) is 0 Å². The van der Waals surface area contributed by atoms with Crippen LogP contribution in [0.25, 0.3) is 0 Å². The van der Waals surface area contributed by atoms with E-state index in [0.29, 0.717) is 19.1 Å². The lowest BCUT2D eigenvalue weighted by molar-refractivity contribution is -0.108. The van der Waals surface area contributed by atoms with Crippen LogP contribution in [0.3, 0.4) is 0 Å². The minimum absolute atomic E-state index is 0.240. The molecule has 0 N–H and O–H groups in total. The molecule has 0 fully saturated rings. The van der Waals surface area contributed by atoms with Gasteiger partial charge in [0.2, 0.25) is 6.79 Å². The maximum Gasteiger partial charge on any atom is 0.231 e. The number of carbonyl (C=O) groups is 1. The summed E-state index contributed by atoms with van der Waals surface area (Å²) in [5.41, 5.74) is 2.44. The van der Waals surface area contributed by atoms with Gasteiger partial charge in [-0.3, -0.25) is 0 Å². The molecule has 3 heteroatoms. The third kappa shape index (κ3) is 3.14. The lowest BCUT2D eigenvalue weighted by Gasteiger charge is -2.23. The molecule has 0 amide bonds. The van der Waals surface area contributed by atoms with Gasteiger partial charge in [-0.15, -0.1) is 0 Å². The minimum Gasteiger partial charge on any atom is -0.454 e. The molecule has 1 aliphatic rings. The van der Waals surface area contributed by atoms with Crippen molar-refractivity contribution in [1.29, 1.82) is 0 Å². The smallest absolute Gasteiger partial charge is 0.231 e. The van der Waals surface area contributed by atoms with Crippen molar-refractivity contribution in [3.63, 3.8) is 0 Å². The van der Waals surface area contributed by atoms with Crippen molar-refractivity contribution in [2.75, 3.05) is 6.79 Å². The van der Waals surface area contributed by atoms with E-state index in [-0.39, 0.29) is 5.92 Å². The van der Waals surface area contributed by atoms with Gasteiger partial charge in [-0.2, -0.15) is 0 Å². The fourth-order valence-electron chi connectivity index (χ4n) is 3.08. The summed E-state index contributed by atoms with van der Waals surface area (Å²) in [6, 6.07) is 16.3. The van der Waals surface area contributed by atoms with Gasteiger partial charge in [-0.25, -0.2) is 0 Å². The summed E-state index contributed by atoms with van der Waals surface area (Å²) in [7, 11) is 0. The molecule has 0 saturated carbocycles. The molecular formula is C19H20O3. The summed E-state index contributed by atoms with van der Waals surface area (Å²) in [6.45, 7) is 2.50. The standard InChI is InChI=1S/C19H20O3/c1-14(17(9-10-20)16-5-3-2-4-6-16)11-15-7-8-18-19(12-15)22-13-21-18/h2-8,10,12,14,17H,9,11,13H2,1H3/t14?,17-/m1/s1. The molecule has 2 atom stereocenters. The average molecular weight is 296 g/mol. The monoisotopic (exact) mass is 296 g/mol. The molecule has 114 valence electrons. The summed E-state index contributed by atoms with van der Waals surface area (Å²) in [6.07, 6.45) is 2.48. The molecule has 3 rings (SSSR count). The number of fused-ring (bicyclic) bond motifs is 1. The third-order valence-corrected chi connectivity index (χ3v) is 4.26. The first-order valence-electron chi connectivity index (χ1n) is 7.65. The molecule has 1 aliphatic heterocycles. The largest absolute Gasteiger partial charge is 0.454 e. The van der Waals surface area contributed by atoms with Crippen LogP contribution in [0.15, 0.2) is 48.5 Å². The van der Waals surface area contributed by atoms with Gasteiger partial charge in [-0.1, -0.05) is 43.3 Å². The summed E-state index contributed by atoms with van der Waals surface area (Å²) in [4.78, 5) is 11.1. The van der Waals surface area contributed by atoms with Crippen molar-refractivity contribution < 1.29 is 14.3 Å². The number of aldehydes is 1. The Morgan fingerprint density at radius 3 is 2.64 bits per heavy atom. The Labute approximate surface area is 130 Å². The fraction of sp³-hybridized carbons (Fsp3) is 0.316. The molecule has 2 aromatic rings. The zero-order chi connectivity index (χ0) is 15.4. The van der Waals surface area contributed by atoms with Crippen LogP contribution < -0.4 is 9.47 Å². The molecule has 0 aliphatic carbocycles. The lowest BCUT2D eigenvalue weighted by Crippen LogP contribution is -2.13. The van der Waals surface area contributed by atoms with Crippen molar-refractivity contribution in [3.8, 4) is 11.5 Å². The van der Waals surface area contributed by atoms with Crippen LogP contribution in [-0.2, 0) is 11.2 Å². The predicted octanol–water partition coefficient (Wildman–Crippen LogP) is 3.97. The van der Waals surface area contributed by atoms with E-state index >= 15 is 0 Å². The van der Waals surface area contributed by atoms with Crippen LogP contribution in [0, 0.1) is 5.92 Å². The summed E-state index contributed by atoms with van der Waals surface area (Å²) >= 11 is 0. The zero-order valence-electron chi connectivity index (χ0n) is 12.7. The second kappa shape index (κ2) is 6.65. The van der Waals surface area contributed by atoms with Crippen LogP contribution in [0.5, 0.6) is 11.5 Å². The van der Waals surface area contributed by atoms with Gasteiger partial charge >= 0.3 is 0 Å². The van der Waals surface area contributed by atoms with E-state index in [0.717, 1.165) is 24.2 Å². The minimum atomic E-state index is 0.240. The summed E-state index contributed by atoms with van der Waals surface area (Å²) in [5.74, 6) is 2.23. The van der Waals surface area contributed by atoms with Crippen LogP contribution in [0.4, 0.5) is 0 Å². The highest BCUT2D eigenvalue weighted by atomic mass is 16.7. The SMILES string of the molecule is CC(Cc1ccc2c(c1)OCO2)[C@@H](CC=O)c1ccccc1. The van der Waals surface area contributed by atoms with Crippen LogP contribution in [0.1, 0.15) is 30.4 Å². The van der Waals surface area contributed by atoms with Crippen molar-refractivity contribution in [3.05, 3.63) is 59.7 Å². The molecule has 22 heavy (non-hydrogen) atoms. The van der Waals surface area contributed by atoms with Gasteiger partial charge in [0.05, 0.1) is 0 Å². The highest BCUT2D eigenvalue weighted by Gasteiger charge is 2.20. The van der Waals surface area contributed by atoms with Crippen molar-refractivity contribution in [1.82, 2.24) is 0 Å². The molecule has 1 unspecified atom stereocenters. The highest BCUT2D eigenvalue weighted by molar-refractivity contribution is 5.52. The van der Waals surface area contributed by atoms with Gasteiger partial charge < -0.3 is 14.3 Å². The Bertz CT molecular complexity index is 636. The number of hydrogen-bond acceptors (Lipinski definition) is 3. The molecule has 3 nitrogen and oxygen atoms in total. The maximum atomic E-state index is 11.1. The molecule has 1 heterocycles. The normalized spacial score (nSPS) is 15.3. The Morgan fingerprint density at radius 1 is 1.09 bits per heavy atom. The van der Waals surface area contributed by atoms with Gasteiger partial charge in [-0.05, 0) is 41.5 Å². The van der Waals surface area contributed by atoms with Crippen molar-refractivity contribution >= 4 is 6.29 Å². The van der Waals surface area contributed by atoms with Crippen molar-refractivity contribution in [2.24, 2.45) is 5.92 Å². The Hall–Kier alpha value is -2.29. The molecule has 0 spiro atoms. The van der Waals surface area contributed by atoms with E-state index in [1.165, 1.54) is 11.1 Å². The average Bonchev–Trinajstić information content (AvgIpc) is 3.01. The van der Waals surface area contributed by atoms with E-state index in [4.69, 9.17) is 9.47 Å². The summed E-state index contributed by atoms with van der Waals surface area (Å²) < 4.78 is 10.8. The fourth-order valence-corrected chi connectivity index (χ4v) is 3.08. The van der Waals surface area contributed by atoms with Gasteiger partial charge in [0, 0.05) is 6.42 Å². The van der Waals surface area contributed by atoms with E-state index in [1.807, 2.05) is 30.3 Å². The predicted molar refractivity (Wildman–Crippen MR) is 85.3 cm³/mol. The highest BCUT2D eigenvalue weighted by Crippen LogP contribution is 2.35. The first kappa shape index (κ1) is 14.6.